The van der Waals surface area contributed by atoms with Crippen LogP contribution in [0.3, 0.4) is 0 Å². The largest absolute Gasteiger partial charge is 0.378 e. The fourth-order valence-electron chi connectivity index (χ4n) is 1.70. The maximum absolute atomic E-state index is 6.04. The first-order chi connectivity index (χ1) is 8.20. The number of nitrogens with one attached hydrogen (secondary N) is 1. The molecular formula is C13H13Cl2NS. The molecule has 0 saturated carbocycles. The van der Waals surface area contributed by atoms with Gasteiger partial charge in [0.25, 0.3) is 0 Å². The predicted octanol–water partition coefficient (Wildman–Crippen LogP) is 5.62. The summed E-state index contributed by atoms with van der Waals surface area (Å²) in [7, 11) is 0. The number of rotatable bonds is 4. The number of hydrogen-bond donors (Lipinski definition) is 1. The van der Waals surface area contributed by atoms with Crippen molar-refractivity contribution in [2.24, 2.45) is 0 Å². The van der Waals surface area contributed by atoms with Gasteiger partial charge >= 0.3 is 0 Å². The second-order valence-electron chi connectivity index (χ2n) is 3.79. The smallest absolute Gasteiger partial charge is 0.0595 e. The summed E-state index contributed by atoms with van der Waals surface area (Å²) in [6.45, 7) is 2.15. The van der Waals surface area contributed by atoms with Gasteiger partial charge in [0.2, 0.25) is 0 Å². The van der Waals surface area contributed by atoms with E-state index in [9.17, 15) is 0 Å². The standard InChI is InChI=1S/C13H13Cl2NS/c1-2-13(16-10-5-6-17-8-10)9-3-4-11(14)12(15)7-9/h3-8,13,16H,2H2,1H3. The molecule has 0 spiro atoms. The Morgan fingerprint density at radius 1 is 1.24 bits per heavy atom. The van der Waals surface area contributed by atoms with E-state index in [2.05, 4.69) is 29.1 Å². The third kappa shape index (κ3) is 3.15. The number of thiophene rings is 1. The Hall–Kier alpha value is -0.700. The van der Waals surface area contributed by atoms with Gasteiger partial charge < -0.3 is 5.32 Å². The van der Waals surface area contributed by atoms with Crippen LogP contribution in [0.25, 0.3) is 0 Å². The van der Waals surface area contributed by atoms with Gasteiger partial charge in [0.15, 0.2) is 0 Å². The van der Waals surface area contributed by atoms with Crippen LogP contribution in [0.2, 0.25) is 10.0 Å². The highest BCUT2D eigenvalue weighted by atomic mass is 35.5. The Balaban J connectivity index is 2.20. The second kappa shape index (κ2) is 5.76. The van der Waals surface area contributed by atoms with Crippen LogP contribution in [0.15, 0.2) is 35.0 Å². The van der Waals surface area contributed by atoms with Crippen LogP contribution < -0.4 is 5.32 Å². The maximum atomic E-state index is 6.04. The van der Waals surface area contributed by atoms with Gasteiger partial charge in [-0.2, -0.15) is 11.3 Å². The quantitative estimate of drug-likeness (QED) is 0.769. The van der Waals surface area contributed by atoms with Crippen LogP contribution in [0.4, 0.5) is 5.69 Å². The molecule has 1 nitrogen and oxygen atoms in total. The molecule has 1 aromatic heterocycles. The van der Waals surface area contributed by atoms with Crippen LogP contribution in [0.5, 0.6) is 0 Å². The molecule has 0 bridgehead atoms. The molecule has 0 aliphatic heterocycles. The number of benzene rings is 1. The lowest BCUT2D eigenvalue weighted by atomic mass is 10.0. The van der Waals surface area contributed by atoms with E-state index in [1.807, 2.05) is 18.2 Å². The van der Waals surface area contributed by atoms with Crippen molar-refractivity contribution in [2.45, 2.75) is 19.4 Å². The van der Waals surface area contributed by atoms with Crippen LogP contribution >= 0.6 is 34.5 Å². The van der Waals surface area contributed by atoms with E-state index >= 15 is 0 Å². The van der Waals surface area contributed by atoms with Crippen molar-refractivity contribution < 1.29 is 0 Å². The fourth-order valence-corrected chi connectivity index (χ4v) is 2.60. The second-order valence-corrected chi connectivity index (χ2v) is 5.39. The normalized spacial score (nSPS) is 12.4. The molecule has 0 fully saturated rings. The van der Waals surface area contributed by atoms with Crippen LogP contribution in [-0.2, 0) is 0 Å². The van der Waals surface area contributed by atoms with Crippen LogP contribution in [0.1, 0.15) is 24.9 Å². The van der Waals surface area contributed by atoms with Gasteiger partial charge in [-0.1, -0.05) is 36.2 Å². The highest BCUT2D eigenvalue weighted by molar-refractivity contribution is 7.08. The van der Waals surface area contributed by atoms with Crippen LogP contribution in [-0.4, -0.2) is 0 Å². The van der Waals surface area contributed by atoms with E-state index in [0.717, 1.165) is 17.7 Å². The highest BCUT2D eigenvalue weighted by Crippen LogP contribution is 2.29. The molecule has 1 aromatic carbocycles. The average Bonchev–Trinajstić information content (AvgIpc) is 2.82. The average molecular weight is 286 g/mol. The van der Waals surface area contributed by atoms with Crippen molar-refractivity contribution in [3.8, 4) is 0 Å². The highest BCUT2D eigenvalue weighted by Gasteiger charge is 2.10. The van der Waals surface area contributed by atoms with Crippen molar-refractivity contribution in [3.63, 3.8) is 0 Å². The zero-order valence-corrected chi connectivity index (χ0v) is 11.7. The number of hydrogen-bond acceptors (Lipinski definition) is 2. The molecule has 0 radical (unpaired) electrons. The number of anilines is 1. The molecule has 0 aliphatic carbocycles. The third-order valence-electron chi connectivity index (χ3n) is 2.62. The fraction of sp³-hybridized carbons (Fsp3) is 0.231. The summed E-state index contributed by atoms with van der Waals surface area (Å²) < 4.78 is 0. The molecule has 2 rings (SSSR count). The monoisotopic (exact) mass is 285 g/mol. The van der Waals surface area contributed by atoms with Gasteiger partial charge in [0.1, 0.15) is 0 Å². The van der Waals surface area contributed by atoms with Crippen LogP contribution in [0, 0.1) is 0 Å². The SMILES string of the molecule is CCC(Nc1ccsc1)c1ccc(Cl)c(Cl)c1. The van der Waals surface area contributed by atoms with Crippen molar-refractivity contribution in [1.82, 2.24) is 0 Å². The zero-order chi connectivity index (χ0) is 12.3. The zero-order valence-electron chi connectivity index (χ0n) is 9.41. The van der Waals surface area contributed by atoms with Gasteiger partial charge in [0.05, 0.1) is 16.1 Å². The summed E-state index contributed by atoms with van der Waals surface area (Å²) in [5, 5.41) is 8.84. The van der Waals surface area contributed by atoms with Gasteiger partial charge in [0, 0.05) is 11.1 Å². The van der Waals surface area contributed by atoms with Gasteiger partial charge in [-0.05, 0) is 35.6 Å². The van der Waals surface area contributed by atoms with Crippen molar-refractivity contribution in [2.75, 3.05) is 5.32 Å². The van der Waals surface area contributed by atoms with Crippen molar-refractivity contribution in [3.05, 3.63) is 50.6 Å². The molecule has 0 aliphatic rings. The molecule has 0 amide bonds. The number of halogens is 2. The Bertz CT molecular complexity index is 482. The van der Waals surface area contributed by atoms with E-state index < -0.39 is 0 Å². The Morgan fingerprint density at radius 3 is 2.65 bits per heavy atom. The minimum absolute atomic E-state index is 0.263. The molecule has 1 atom stereocenters. The summed E-state index contributed by atoms with van der Waals surface area (Å²) >= 11 is 13.6. The first kappa shape index (κ1) is 12.7. The summed E-state index contributed by atoms with van der Waals surface area (Å²) in [4.78, 5) is 0. The Labute approximate surface area is 115 Å². The van der Waals surface area contributed by atoms with E-state index in [0.29, 0.717) is 10.0 Å². The van der Waals surface area contributed by atoms with E-state index in [1.54, 1.807) is 11.3 Å². The summed E-state index contributed by atoms with van der Waals surface area (Å²) in [5.74, 6) is 0. The molecule has 4 heteroatoms. The summed E-state index contributed by atoms with van der Waals surface area (Å²) in [6, 6.07) is 8.13. The minimum atomic E-state index is 0.263. The summed E-state index contributed by atoms with van der Waals surface area (Å²) in [6.07, 6.45) is 0.994. The molecule has 90 valence electrons. The first-order valence-electron chi connectivity index (χ1n) is 5.44. The first-order valence-corrected chi connectivity index (χ1v) is 7.14. The third-order valence-corrected chi connectivity index (χ3v) is 4.04. The van der Waals surface area contributed by atoms with Gasteiger partial charge in [-0.15, -0.1) is 0 Å². The van der Waals surface area contributed by atoms with Gasteiger partial charge in [-0.3, -0.25) is 0 Å². The molecule has 1 N–H and O–H groups in total. The lowest BCUT2D eigenvalue weighted by molar-refractivity contribution is 0.750. The molecule has 0 saturated heterocycles. The molecule has 2 aromatic rings. The maximum Gasteiger partial charge on any atom is 0.0595 e. The summed E-state index contributed by atoms with van der Waals surface area (Å²) in [5.41, 5.74) is 2.31. The van der Waals surface area contributed by atoms with Crippen molar-refractivity contribution in [1.29, 1.82) is 0 Å². The Morgan fingerprint density at radius 2 is 2.06 bits per heavy atom. The minimum Gasteiger partial charge on any atom is -0.378 e. The molecule has 1 unspecified atom stereocenters. The molecular weight excluding hydrogens is 273 g/mol. The lowest BCUT2D eigenvalue weighted by Crippen LogP contribution is -2.08. The van der Waals surface area contributed by atoms with Crippen molar-refractivity contribution >= 4 is 40.2 Å². The lowest BCUT2D eigenvalue weighted by Gasteiger charge is -2.18. The van der Waals surface area contributed by atoms with E-state index in [1.165, 1.54) is 0 Å². The van der Waals surface area contributed by atoms with Gasteiger partial charge in [-0.25, -0.2) is 0 Å². The van der Waals surface area contributed by atoms with E-state index in [4.69, 9.17) is 23.2 Å². The molecule has 17 heavy (non-hydrogen) atoms. The Kier molecular flexibility index (Phi) is 4.32. The van der Waals surface area contributed by atoms with E-state index in [-0.39, 0.29) is 6.04 Å². The predicted molar refractivity (Wildman–Crippen MR) is 77.4 cm³/mol. The molecule has 1 heterocycles. The topological polar surface area (TPSA) is 12.0 Å².